The Balaban J connectivity index is 1.71. The van der Waals surface area contributed by atoms with Crippen molar-refractivity contribution >= 4 is 22.8 Å². The number of rotatable bonds is 4. The molecule has 3 rings (SSSR count). The molecule has 1 amide bonds. The normalized spacial score (nSPS) is 11.6. The van der Waals surface area contributed by atoms with E-state index in [0.717, 1.165) is 28.0 Å². The molecule has 6 nitrogen and oxygen atoms in total. The van der Waals surface area contributed by atoms with Crippen LogP contribution in [-0.4, -0.2) is 27.7 Å². The number of hydrogen-bond acceptors (Lipinski definition) is 4. The SMILES string of the molecule is Cc1ccc(OCC(=O)Nc2n[nH]c3nc(C)ccc23)c(C(C)(C)C)c1. The Morgan fingerprint density at radius 1 is 1.19 bits per heavy atom. The molecule has 0 saturated heterocycles. The Morgan fingerprint density at radius 2 is 1.96 bits per heavy atom. The Labute approximate surface area is 153 Å². The molecule has 0 aliphatic heterocycles. The Hall–Kier alpha value is -2.89. The molecule has 0 bridgehead atoms. The summed E-state index contributed by atoms with van der Waals surface area (Å²) in [6.07, 6.45) is 0. The quantitative estimate of drug-likeness (QED) is 0.746. The molecule has 6 heteroatoms. The molecule has 2 heterocycles. The first-order valence-corrected chi connectivity index (χ1v) is 8.59. The van der Waals surface area contributed by atoms with Crippen molar-refractivity contribution in [3.05, 3.63) is 47.2 Å². The standard InChI is InChI=1S/C20H24N4O2/c1-12-6-9-16(15(10-12)20(3,4)5)26-11-17(25)22-19-14-8-7-13(2)21-18(14)23-24-19/h6-10H,11H2,1-5H3,(H2,21,22,23,24,25). The molecule has 1 aromatic carbocycles. The summed E-state index contributed by atoms with van der Waals surface area (Å²) < 4.78 is 5.79. The highest BCUT2D eigenvalue weighted by Gasteiger charge is 2.20. The van der Waals surface area contributed by atoms with Crippen molar-refractivity contribution in [1.29, 1.82) is 0 Å². The van der Waals surface area contributed by atoms with Crippen molar-refractivity contribution in [1.82, 2.24) is 15.2 Å². The van der Waals surface area contributed by atoms with E-state index < -0.39 is 0 Å². The number of aromatic nitrogens is 3. The highest BCUT2D eigenvalue weighted by molar-refractivity contribution is 5.99. The number of anilines is 1. The van der Waals surface area contributed by atoms with Crippen molar-refractivity contribution < 1.29 is 9.53 Å². The Morgan fingerprint density at radius 3 is 2.69 bits per heavy atom. The first-order valence-electron chi connectivity index (χ1n) is 8.59. The number of ether oxygens (including phenoxy) is 1. The van der Waals surface area contributed by atoms with Crippen LogP contribution in [0.4, 0.5) is 5.82 Å². The first-order chi connectivity index (χ1) is 12.2. The van der Waals surface area contributed by atoms with Crippen LogP contribution in [0.25, 0.3) is 11.0 Å². The number of amides is 1. The second-order valence-corrected chi connectivity index (χ2v) is 7.51. The topological polar surface area (TPSA) is 79.9 Å². The fourth-order valence-electron chi connectivity index (χ4n) is 2.76. The van der Waals surface area contributed by atoms with Gasteiger partial charge in [-0.15, -0.1) is 0 Å². The van der Waals surface area contributed by atoms with Gasteiger partial charge in [-0.1, -0.05) is 38.5 Å². The lowest BCUT2D eigenvalue weighted by Crippen LogP contribution is -2.22. The third-order valence-corrected chi connectivity index (χ3v) is 4.12. The maximum atomic E-state index is 12.3. The second kappa shape index (κ2) is 6.78. The van der Waals surface area contributed by atoms with Crippen molar-refractivity contribution in [3.8, 4) is 5.75 Å². The van der Waals surface area contributed by atoms with Gasteiger partial charge in [-0.25, -0.2) is 4.98 Å². The lowest BCUT2D eigenvalue weighted by molar-refractivity contribution is -0.118. The van der Waals surface area contributed by atoms with E-state index in [9.17, 15) is 4.79 Å². The predicted molar refractivity (Wildman–Crippen MR) is 103 cm³/mol. The van der Waals surface area contributed by atoms with Crippen LogP contribution in [0.2, 0.25) is 0 Å². The van der Waals surface area contributed by atoms with Gasteiger partial charge in [0.15, 0.2) is 18.1 Å². The van der Waals surface area contributed by atoms with Gasteiger partial charge in [0.25, 0.3) is 5.91 Å². The van der Waals surface area contributed by atoms with E-state index in [2.05, 4.69) is 47.3 Å². The molecule has 136 valence electrons. The number of pyridine rings is 1. The molecule has 3 aromatic rings. The lowest BCUT2D eigenvalue weighted by Gasteiger charge is -2.23. The zero-order chi connectivity index (χ0) is 18.9. The van der Waals surface area contributed by atoms with E-state index in [-0.39, 0.29) is 17.9 Å². The first kappa shape index (κ1) is 17.9. The number of H-pyrrole nitrogens is 1. The number of aromatic amines is 1. The molecule has 0 radical (unpaired) electrons. The van der Waals surface area contributed by atoms with Gasteiger partial charge in [0.05, 0.1) is 5.39 Å². The highest BCUT2D eigenvalue weighted by atomic mass is 16.5. The summed E-state index contributed by atoms with van der Waals surface area (Å²) in [5.74, 6) is 0.919. The molecule has 0 fully saturated rings. The maximum absolute atomic E-state index is 12.3. The van der Waals surface area contributed by atoms with Crippen molar-refractivity contribution in [2.24, 2.45) is 0 Å². The van der Waals surface area contributed by atoms with E-state index in [1.165, 1.54) is 0 Å². The monoisotopic (exact) mass is 352 g/mol. The number of hydrogen-bond donors (Lipinski definition) is 2. The van der Waals surface area contributed by atoms with Crippen LogP contribution >= 0.6 is 0 Å². The lowest BCUT2D eigenvalue weighted by atomic mass is 9.85. The largest absolute Gasteiger partial charge is 0.483 e. The maximum Gasteiger partial charge on any atom is 0.263 e. The number of carbonyl (C=O) groups excluding carboxylic acids is 1. The van der Waals surface area contributed by atoms with E-state index in [0.29, 0.717) is 11.5 Å². The van der Waals surface area contributed by atoms with E-state index in [4.69, 9.17) is 4.74 Å². The van der Waals surface area contributed by atoms with Crippen LogP contribution in [0, 0.1) is 13.8 Å². The molecule has 0 unspecified atom stereocenters. The molecule has 0 saturated carbocycles. The van der Waals surface area contributed by atoms with Crippen molar-refractivity contribution in [2.45, 2.75) is 40.0 Å². The Kier molecular flexibility index (Phi) is 4.68. The van der Waals surface area contributed by atoms with E-state index in [1.54, 1.807) is 0 Å². The zero-order valence-electron chi connectivity index (χ0n) is 15.8. The fraction of sp³-hybridized carbons (Fsp3) is 0.350. The molecule has 2 N–H and O–H groups in total. The summed E-state index contributed by atoms with van der Waals surface area (Å²) in [6, 6.07) is 9.77. The molecule has 26 heavy (non-hydrogen) atoms. The molecular weight excluding hydrogens is 328 g/mol. The van der Waals surface area contributed by atoms with Gasteiger partial charge in [0, 0.05) is 5.69 Å². The van der Waals surface area contributed by atoms with Crippen LogP contribution in [0.15, 0.2) is 30.3 Å². The van der Waals surface area contributed by atoms with Gasteiger partial charge in [0.1, 0.15) is 5.75 Å². The summed E-state index contributed by atoms with van der Waals surface area (Å²) in [7, 11) is 0. The minimum Gasteiger partial charge on any atom is -0.483 e. The number of fused-ring (bicyclic) bond motifs is 1. The minimum absolute atomic E-state index is 0.0697. The van der Waals surface area contributed by atoms with Crippen molar-refractivity contribution in [2.75, 3.05) is 11.9 Å². The summed E-state index contributed by atoms with van der Waals surface area (Å²) in [6.45, 7) is 10.2. The summed E-state index contributed by atoms with van der Waals surface area (Å²) in [5.41, 5.74) is 3.71. The van der Waals surface area contributed by atoms with Crippen LogP contribution in [0.3, 0.4) is 0 Å². The number of aryl methyl sites for hydroxylation is 2. The molecule has 0 aliphatic rings. The number of carbonyl (C=O) groups is 1. The van der Waals surface area contributed by atoms with Crippen LogP contribution in [-0.2, 0) is 10.2 Å². The van der Waals surface area contributed by atoms with Gasteiger partial charge in [-0.3, -0.25) is 9.89 Å². The molecule has 0 aliphatic carbocycles. The Bertz CT molecular complexity index is 954. The highest BCUT2D eigenvalue weighted by Crippen LogP contribution is 2.32. The van der Waals surface area contributed by atoms with Crippen LogP contribution < -0.4 is 10.1 Å². The molecule has 0 atom stereocenters. The van der Waals surface area contributed by atoms with Crippen LogP contribution in [0.1, 0.15) is 37.6 Å². The minimum atomic E-state index is -0.264. The van der Waals surface area contributed by atoms with Gasteiger partial charge in [-0.05, 0) is 43.0 Å². The average molecular weight is 352 g/mol. The molecule has 0 spiro atoms. The third-order valence-electron chi connectivity index (χ3n) is 4.12. The van der Waals surface area contributed by atoms with Crippen LogP contribution in [0.5, 0.6) is 5.75 Å². The van der Waals surface area contributed by atoms with Gasteiger partial charge >= 0.3 is 0 Å². The second-order valence-electron chi connectivity index (χ2n) is 7.51. The van der Waals surface area contributed by atoms with E-state index >= 15 is 0 Å². The number of benzene rings is 1. The predicted octanol–water partition coefficient (Wildman–Crippen LogP) is 3.89. The average Bonchev–Trinajstić information content (AvgIpc) is 2.94. The summed E-state index contributed by atoms with van der Waals surface area (Å²) in [5, 5.41) is 10.5. The fourth-order valence-corrected chi connectivity index (χ4v) is 2.76. The van der Waals surface area contributed by atoms with E-state index in [1.807, 2.05) is 38.1 Å². The summed E-state index contributed by atoms with van der Waals surface area (Å²) in [4.78, 5) is 16.7. The molecular formula is C20H24N4O2. The number of nitrogens with zero attached hydrogens (tertiary/aromatic N) is 2. The molecule has 2 aromatic heterocycles. The third kappa shape index (κ3) is 3.85. The summed E-state index contributed by atoms with van der Waals surface area (Å²) >= 11 is 0. The smallest absolute Gasteiger partial charge is 0.263 e. The van der Waals surface area contributed by atoms with Crippen molar-refractivity contribution in [3.63, 3.8) is 0 Å². The van der Waals surface area contributed by atoms with Gasteiger partial charge in [-0.2, -0.15) is 5.10 Å². The van der Waals surface area contributed by atoms with Gasteiger partial charge in [0.2, 0.25) is 0 Å². The van der Waals surface area contributed by atoms with Gasteiger partial charge < -0.3 is 10.1 Å². The zero-order valence-corrected chi connectivity index (χ0v) is 15.8. The number of nitrogens with one attached hydrogen (secondary N) is 2.